The van der Waals surface area contributed by atoms with Crippen molar-refractivity contribution in [2.75, 3.05) is 0 Å². The monoisotopic (exact) mass is 323 g/mol. The molecule has 0 aliphatic rings. The number of nitrogens with zero attached hydrogens (tertiary/aromatic N) is 1. The average molecular weight is 324 g/mol. The van der Waals surface area contributed by atoms with Crippen LogP contribution in [-0.2, 0) is 11.2 Å². The van der Waals surface area contributed by atoms with E-state index in [2.05, 4.69) is 20.7 Å². The summed E-state index contributed by atoms with van der Waals surface area (Å²) in [6, 6.07) is 3.72. The van der Waals surface area contributed by atoms with Crippen LogP contribution in [0.1, 0.15) is 11.1 Å². The molecule has 18 heavy (non-hydrogen) atoms. The number of ether oxygens (including phenoxy) is 1. The Hall–Kier alpha value is -1.75. The van der Waals surface area contributed by atoms with Gasteiger partial charge < -0.3 is 9.84 Å². The number of hydrogen-bond donors (Lipinski definition) is 1. The lowest BCUT2D eigenvalue weighted by Crippen LogP contribution is -2.18. The van der Waals surface area contributed by atoms with E-state index in [-0.39, 0.29) is 15.6 Å². The second-order valence-electron chi connectivity index (χ2n) is 3.13. The lowest BCUT2D eigenvalue weighted by molar-refractivity contribution is -0.274. The van der Waals surface area contributed by atoms with Crippen LogP contribution < -0.4 is 4.74 Å². The molecule has 0 unspecified atom stereocenters. The summed E-state index contributed by atoms with van der Waals surface area (Å²) in [5, 5.41) is 17.4. The van der Waals surface area contributed by atoms with Gasteiger partial charge in [0.15, 0.2) is 0 Å². The van der Waals surface area contributed by atoms with E-state index in [1.54, 1.807) is 6.07 Å². The molecular weight excluding hydrogens is 319 g/mol. The Morgan fingerprint density at radius 3 is 2.56 bits per heavy atom. The maximum Gasteiger partial charge on any atom is 0.573 e. The van der Waals surface area contributed by atoms with Gasteiger partial charge in [0, 0.05) is 0 Å². The Kier molecular flexibility index (Phi) is 4.19. The number of alkyl halides is 3. The minimum Gasteiger partial charge on any atom is -0.481 e. The Morgan fingerprint density at radius 1 is 1.50 bits per heavy atom. The molecule has 1 rings (SSSR count). The zero-order valence-electron chi connectivity index (χ0n) is 8.58. The highest BCUT2D eigenvalue weighted by molar-refractivity contribution is 9.10. The van der Waals surface area contributed by atoms with Crippen molar-refractivity contribution in [3.63, 3.8) is 0 Å². The number of nitriles is 1. The maximum absolute atomic E-state index is 12.1. The molecule has 4 nitrogen and oxygen atoms in total. The summed E-state index contributed by atoms with van der Waals surface area (Å²) in [7, 11) is 0. The molecule has 0 saturated heterocycles. The molecule has 0 saturated carbocycles. The SMILES string of the molecule is N#Cc1ccc(OC(F)(F)F)c(Br)c1CC(=O)O. The number of carboxylic acid groups (broad SMARTS) is 1. The number of benzene rings is 1. The molecule has 0 radical (unpaired) electrons. The molecular formula is C10H5BrF3NO3. The quantitative estimate of drug-likeness (QED) is 0.928. The molecule has 8 heteroatoms. The highest BCUT2D eigenvalue weighted by Crippen LogP contribution is 2.34. The van der Waals surface area contributed by atoms with E-state index >= 15 is 0 Å². The summed E-state index contributed by atoms with van der Waals surface area (Å²) in [6.45, 7) is 0. The predicted octanol–water partition coefficient (Wildman–Crippen LogP) is 2.85. The lowest BCUT2D eigenvalue weighted by atomic mass is 10.1. The van der Waals surface area contributed by atoms with Gasteiger partial charge in [0.1, 0.15) is 5.75 Å². The molecule has 0 aliphatic carbocycles. The van der Waals surface area contributed by atoms with Crippen LogP contribution in [-0.4, -0.2) is 17.4 Å². The van der Waals surface area contributed by atoms with Crippen molar-refractivity contribution in [1.29, 1.82) is 5.26 Å². The van der Waals surface area contributed by atoms with Crippen LogP contribution in [0.2, 0.25) is 0 Å². The zero-order chi connectivity index (χ0) is 13.9. The van der Waals surface area contributed by atoms with Crippen LogP contribution in [0.5, 0.6) is 5.75 Å². The average Bonchev–Trinajstić information content (AvgIpc) is 2.22. The van der Waals surface area contributed by atoms with E-state index in [4.69, 9.17) is 10.4 Å². The van der Waals surface area contributed by atoms with Crippen molar-refractivity contribution in [3.05, 3.63) is 27.7 Å². The number of rotatable bonds is 3. The minimum atomic E-state index is -4.89. The molecule has 0 atom stereocenters. The predicted molar refractivity (Wildman–Crippen MR) is 56.9 cm³/mol. The summed E-state index contributed by atoms with van der Waals surface area (Å²) >= 11 is 2.81. The molecule has 1 N–H and O–H groups in total. The smallest absolute Gasteiger partial charge is 0.481 e. The Balaban J connectivity index is 3.26. The fourth-order valence-electron chi connectivity index (χ4n) is 1.23. The maximum atomic E-state index is 12.1. The van der Waals surface area contributed by atoms with Gasteiger partial charge in [-0.2, -0.15) is 5.26 Å². The highest BCUT2D eigenvalue weighted by Gasteiger charge is 2.32. The highest BCUT2D eigenvalue weighted by atomic mass is 79.9. The van der Waals surface area contributed by atoms with E-state index in [9.17, 15) is 18.0 Å². The lowest BCUT2D eigenvalue weighted by Gasteiger charge is -2.13. The first-order valence-corrected chi connectivity index (χ1v) is 5.23. The van der Waals surface area contributed by atoms with E-state index in [0.717, 1.165) is 12.1 Å². The normalized spacial score (nSPS) is 10.8. The van der Waals surface area contributed by atoms with Gasteiger partial charge in [-0.25, -0.2) is 0 Å². The van der Waals surface area contributed by atoms with Gasteiger partial charge >= 0.3 is 12.3 Å². The second-order valence-corrected chi connectivity index (χ2v) is 3.93. The molecule has 0 bridgehead atoms. The van der Waals surface area contributed by atoms with Crippen molar-refractivity contribution >= 4 is 21.9 Å². The minimum absolute atomic E-state index is 0.0289. The number of aliphatic carboxylic acids is 1. The summed E-state index contributed by atoms with van der Waals surface area (Å²) in [5.74, 6) is -1.85. The van der Waals surface area contributed by atoms with Gasteiger partial charge in [-0.15, -0.1) is 13.2 Å². The fourth-order valence-corrected chi connectivity index (χ4v) is 1.80. The second kappa shape index (κ2) is 5.27. The van der Waals surface area contributed by atoms with Gasteiger partial charge in [0.2, 0.25) is 0 Å². The van der Waals surface area contributed by atoms with E-state index < -0.39 is 24.5 Å². The summed E-state index contributed by atoms with van der Waals surface area (Å²) in [4.78, 5) is 10.6. The van der Waals surface area contributed by atoms with Crippen molar-refractivity contribution in [2.24, 2.45) is 0 Å². The van der Waals surface area contributed by atoms with Crippen molar-refractivity contribution in [2.45, 2.75) is 12.8 Å². The third kappa shape index (κ3) is 3.63. The van der Waals surface area contributed by atoms with Gasteiger partial charge in [0.25, 0.3) is 0 Å². The Bertz CT molecular complexity index is 522. The van der Waals surface area contributed by atoms with Gasteiger partial charge in [0.05, 0.1) is 22.5 Å². The van der Waals surface area contributed by atoms with Gasteiger partial charge in [-0.3, -0.25) is 4.79 Å². The van der Waals surface area contributed by atoms with Crippen LogP contribution in [0.3, 0.4) is 0 Å². The molecule has 0 aromatic heterocycles. The number of carboxylic acids is 1. The molecule has 0 aliphatic heterocycles. The fraction of sp³-hybridized carbons (Fsp3) is 0.200. The first-order chi connectivity index (χ1) is 8.24. The first kappa shape index (κ1) is 14.3. The number of hydrogen-bond acceptors (Lipinski definition) is 3. The Labute approximate surface area is 108 Å². The van der Waals surface area contributed by atoms with E-state index in [0.29, 0.717) is 0 Å². The third-order valence-electron chi connectivity index (χ3n) is 1.88. The van der Waals surface area contributed by atoms with E-state index in [1.807, 2.05) is 0 Å². The van der Waals surface area contributed by atoms with Crippen molar-refractivity contribution in [3.8, 4) is 11.8 Å². The zero-order valence-corrected chi connectivity index (χ0v) is 10.2. The third-order valence-corrected chi connectivity index (χ3v) is 2.75. The van der Waals surface area contributed by atoms with Crippen LogP contribution in [0.15, 0.2) is 16.6 Å². The summed E-state index contributed by atoms with van der Waals surface area (Å²) in [5.41, 5.74) is -0.0921. The van der Waals surface area contributed by atoms with Crippen molar-refractivity contribution in [1.82, 2.24) is 0 Å². The molecule has 1 aromatic rings. The number of halogens is 4. The molecule has 96 valence electrons. The Morgan fingerprint density at radius 2 is 2.11 bits per heavy atom. The number of carbonyl (C=O) groups is 1. The topological polar surface area (TPSA) is 70.3 Å². The van der Waals surface area contributed by atoms with Crippen LogP contribution in [0.4, 0.5) is 13.2 Å². The molecule has 0 amide bonds. The molecule has 0 spiro atoms. The summed E-state index contributed by atoms with van der Waals surface area (Å²) in [6.07, 6.45) is -5.48. The standard InChI is InChI=1S/C10H5BrF3NO3/c11-9-6(3-8(16)17)5(4-15)1-2-7(9)18-10(12,13)14/h1-2H,3H2,(H,16,17). The van der Waals surface area contributed by atoms with Crippen LogP contribution in [0, 0.1) is 11.3 Å². The first-order valence-electron chi connectivity index (χ1n) is 4.43. The van der Waals surface area contributed by atoms with Gasteiger partial charge in [-0.05, 0) is 33.6 Å². The molecule has 1 aromatic carbocycles. The van der Waals surface area contributed by atoms with Crippen molar-refractivity contribution < 1.29 is 27.8 Å². The molecule has 0 fully saturated rings. The molecule has 0 heterocycles. The largest absolute Gasteiger partial charge is 0.573 e. The van der Waals surface area contributed by atoms with E-state index in [1.165, 1.54) is 0 Å². The van der Waals surface area contributed by atoms with Crippen LogP contribution >= 0.6 is 15.9 Å². The van der Waals surface area contributed by atoms with Crippen LogP contribution in [0.25, 0.3) is 0 Å². The summed E-state index contributed by atoms with van der Waals surface area (Å²) < 4.78 is 39.7. The van der Waals surface area contributed by atoms with Gasteiger partial charge in [-0.1, -0.05) is 0 Å².